The minimum absolute atomic E-state index is 0.0717. The maximum atomic E-state index is 12.4. The van der Waals surface area contributed by atoms with Gasteiger partial charge in [-0.2, -0.15) is 0 Å². The number of fused-ring (bicyclic) bond motifs is 1. The van der Waals surface area contributed by atoms with Crippen LogP contribution in [0.25, 0.3) is 0 Å². The van der Waals surface area contributed by atoms with Gasteiger partial charge in [-0.3, -0.25) is 4.79 Å². The second-order valence-corrected chi connectivity index (χ2v) is 6.14. The van der Waals surface area contributed by atoms with Crippen LogP contribution in [0, 0.1) is 0 Å². The molecular weight excluding hydrogens is 296 g/mol. The van der Waals surface area contributed by atoms with E-state index in [1.54, 1.807) is 17.9 Å². The fraction of sp³-hybridized carbons (Fsp3) is 0.529. The van der Waals surface area contributed by atoms with Crippen LogP contribution in [0.2, 0.25) is 0 Å². The number of hydrogen-bond acceptors (Lipinski definition) is 4. The molecule has 23 heavy (non-hydrogen) atoms. The molecule has 0 aromatic heterocycles. The Balaban J connectivity index is 1.79. The van der Waals surface area contributed by atoms with Crippen LogP contribution in [-0.2, 0) is 4.79 Å². The minimum Gasteiger partial charge on any atom is -0.479 e. The maximum absolute atomic E-state index is 12.4. The van der Waals surface area contributed by atoms with Crippen molar-refractivity contribution in [1.82, 2.24) is 4.90 Å². The van der Waals surface area contributed by atoms with Gasteiger partial charge in [-0.05, 0) is 51.1 Å². The third-order valence-corrected chi connectivity index (χ3v) is 4.50. The number of rotatable bonds is 4. The third kappa shape index (κ3) is 3.32. The Bertz CT molecular complexity index is 611. The quantitative estimate of drug-likeness (QED) is 0.919. The zero-order valence-electron chi connectivity index (χ0n) is 13.3. The first kappa shape index (κ1) is 15.8. The van der Waals surface area contributed by atoms with Gasteiger partial charge < -0.3 is 19.6 Å². The van der Waals surface area contributed by atoms with Gasteiger partial charge in [0.2, 0.25) is 0 Å². The second-order valence-electron chi connectivity index (χ2n) is 6.14. The molecule has 2 aliphatic rings. The average molecular weight is 318 g/mol. The van der Waals surface area contributed by atoms with Gasteiger partial charge in [0.05, 0.1) is 11.3 Å². The largest absolute Gasteiger partial charge is 0.479 e. The summed E-state index contributed by atoms with van der Waals surface area (Å²) in [6.45, 7) is 5.30. The lowest BCUT2D eigenvalue weighted by atomic mass is 10.1. The lowest BCUT2D eigenvalue weighted by Crippen LogP contribution is -2.48. The van der Waals surface area contributed by atoms with Crippen LogP contribution in [0.5, 0.6) is 5.75 Å². The van der Waals surface area contributed by atoms with E-state index in [0.29, 0.717) is 18.0 Å². The molecule has 1 N–H and O–H groups in total. The molecule has 1 unspecified atom stereocenters. The van der Waals surface area contributed by atoms with Crippen molar-refractivity contribution in [1.29, 1.82) is 0 Å². The fourth-order valence-electron chi connectivity index (χ4n) is 3.20. The number of carboxylic acid groups (broad SMARTS) is 1. The van der Waals surface area contributed by atoms with Crippen molar-refractivity contribution in [3.8, 4) is 5.75 Å². The summed E-state index contributed by atoms with van der Waals surface area (Å²) in [4.78, 5) is 27.7. The molecule has 6 heteroatoms. The van der Waals surface area contributed by atoms with Crippen LogP contribution in [0.1, 0.15) is 36.5 Å². The number of carbonyl (C=O) groups is 2. The second kappa shape index (κ2) is 6.58. The van der Waals surface area contributed by atoms with Gasteiger partial charge in [-0.1, -0.05) is 6.42 Å². The van der Waals surface area contributed by atoms with Crippen molar-refractivity contribution < 1.29 is 19.4 Å². The first-order valence-corrected chi connectivity index (χ1v) is 8.14. The van der Waals surface area contributed by atoms with Gasteiger partial charge in [0, 0.05) is 13.1 Å². The highest BCUT2D eigenvalue weighted by molar-refractivity contribution is 6.00. The van der Waals surface area contributed by atoms with Gasteiger partial charge in [0.1, 0.15) is 5.75 Å². The number of anilines is 1. The fourth-order valence-corrected chi connectivity index (χ4v) is 3.20. The summed E-state index contributed by atoms with van der Waals surface area (Å²) >= 11 is 0. The topological polar surface area (TPSA) is 70.1 Å². The van der Waals surface area contributed by atoms with Crippen molar-refractivity contribution in [3.05, 3.63) is 23.8 Å². The van der Waals surface area contributed by atoms with Crippen molar-refractivity contribution in [2.45, 2.75) is 32.3 Å². The minimum atomic E-state index is -0.999. The first-order valence-electron chi connectivity index (χ1n) is 8.14. The molecule has 0 radical (unpaired) electrons. The molecule has 124 valence electrons. The summed E-state index contributed by atoms with van der Waals surface area (Å²) in [5.74, 6) is -0.603. The van der Waals surface area contributed by atoms with E-state index < -0.39 is 12.1 Å². The lowest BCUT2D eigenvalue weighted by Gasteiger charge is -2.35. The van der Waals surface area contributed by atoms with E-state index in [1.165, 1.54) is 31.4 Å². The monoisotopic (exact) mass is 318 g/mol. The van der Waals surface area contributed by atoms with Crippen molar-refractivity contribution in [2.24, 2.45) is 0 Å². The van der Waals surface area contributed by atoms with Gasteiger partial charge in [-0.25, -0.2) is 4.79 Å². The molecule has 1 atom stereocenters. The number of piperidine rings is 1. The van der Waals surface area contributed by atoms with E-state index in [1.807, 2.05) is 0 Å². The van der Waals surface area contributed by atoms with Crippen LogP contribution in [0.3, 0.4) is 0 Å². The molecule has 1 fully saturated rings. The first-order chi connectivity index (χ1) is 11.1. The van der Waals surface area contributed by atoms with Gasteiger partial charge in [0.15, 0.2) is 6.10 Å². The Morgan fingerprint density at radius 2 is 2.00 bits per heavy atom. The van der Waals surface area contributed by atoms with Crippen LogP contribution in [-0.4, -0.2) is 54.2 Å². The molecule has 1 amide bonds. The van der Waals surface area contributed by atoms with Gasteiger partial charge in [0.25, 0.3) is 5.91 Å². The Morgan fingerprint density at radius 1 is 1.26 bits per heavy atom. The van der Waals surface area contributed by atoms with Crippen LogP contribution < -0.4 is 9.64 Å². The average Bonchev–Trinajstić information content (AvgIpc) is 2.55. The molecule has 1 saturated heterocycles. The highest BCUT2D eigenvalue weighted by atomic mass is 16.5. The highest BCUT2D eigenvalue weighted by Gasteiger charge is 2.32. The number of benzene rings is 1. The predicted octanol–water partition coefficient (Wildman–Crippen LogP) is 1.98. The molecule has 1 aromatic rings. The number of hydrogen-bond donors (Lipinski definition) is 1. The molecular formula is C17H22N2O4. The summed E-state index contributed by atoms with van der Waals surface area (Å²) in [7, 11) is 0. The Labute approximate surface area is 135 Å². The summed E-state index contributed by atoms with van der Waals surface area (Å²) in [5, 5.41) is 9.10. The van der Waals surface area contributed by atoms with Gasteiger partial charge >= 0.3 is 5.97 Å². The Hall–Kier alpha value is -2.08. The predicted molar refractivity (Wildman–Crippen MR) is 86.1 cm³/mol. The van der Waals surface area contributed by atoms with E-state index in [4.69, 9.17) is 9.84 Å². The molecule has 0 bridgehead atoms. The molecule has 0 saturated carbocycles. The van der Waals surface area contributed by atoms with Crippen molar-refractivity contribution in [3.63, 3.8) is 0 Å². The highest BCUT2D eigenvalue weighted by Crippen LogP contribution is 2.34. The number of carboxylic acids is 1. The molecule has 0 spiro atoms. The van der Waals surface area contributed by atoms with Crippen molar-refractivity contribution in [2.75, 3.05) is 31.1 Å². The smallest absolute Gasteiger partial charge is 0.335 e. The summed E-state index contributed by atoms with van der Waals surface area (Å²) in [6.07, 6.45) is 3.12. The SMILES string of the molecule is CC1Oc2cc(C(=O)O)ccc2N(CCN2CCCCC2)C1=O. The Kier molecular flexibility index (Phi) is 4.52. The standard InChI is InChI=1S/C17H22N2O4/c1-12-16(20)19(10-9-18-7-3-2-4-8-18)14-6-5-13(17(21)22)11-15(14)23-12/h5-6,11-12H,2-4,7-10H2,1H3,(H,21,22). The van der Waals surface area contributed by atoms with E-state index in [-0.39, 0.29) is 11.5 Å². The summed E-state index contributed by atoms with van der Waals surface area (Å²) in [5.41, 5.74) is 0.830. The van der Waals surface area contributed by atoms with Crippen LogP contribution in [0.15, 0.2) is 18.2 Å². The van der Waals surface area contributed by atoms with Crippen LogP contribution >= 0.6 is 0 Å². The molecule has 6 nitrogen and oxygen atoms in total. The molecule has 3 rings (SSSR count). The van der Waals surface area contributed by atoms with E-state index in [9.17, 15) is 9.59 Å². The number of aromatic carboxylic acids is 1. The molecule has 1 aromatic carbocycles. The number of likely N-dealkylation sites (tertiary alicyclic amines) is 1. The Morgan fingerprint density at radius 3 is 2.70 bits per heavy atom. The number of nitrogens with zero attached hydrogens (tertiary/aromatic N) is 2. The lowest BCUT2D eigenvalue weighted by molar-refractivity contribution is -0.125. The van der Waals surface area contributed by atoms with Crippen LogP contribution in [0.4, 0.5) is 5.69 Å². The zero-order valence-corrected chi connectivity index (χ0v) is 13.3. The summed E-state index contributed by atoms with van der Waals surface area (Å²) in [6, 6.07) is 4.68. The number of carbonyl (C=O) groups excluding carboxylic acids is 1. The third-order valence-electron chi connectivity index (χ3n) is 4.50. The van der Waals surface area contributed by atoms with E-state index in [2.05, 4.69) is 4.90 Å². The molecule has 2 aliphatic heterocycles. The normalized spacial score (nSPS) is 21.7. The van der Waals surface area contributed by atoms with E-state index >= 15 is 0 Å². The van der Waals surface area contributed by atoms with Gasteiger partial charge in [-0.15, -0.1) is 0 Å². The maximum Gasteiger partial charge on any atom is 0.335 e. The van der Waals surface area contributed by atoms with Crippen molar-refractivity contribution >= 4 is 17.6 Å². The van der Waals surface area contributed by atoms with E-state index in [0.717, 1.165) is 19.6 Å². The number of amides is 1. The number of ether oxygens (including phenoxy) is 1. The zero-order chi connectivity index (χ0) is 16.4. The summed E-state index contributed by atoms with van der Waals surface area (Å²) < 4.78 is 5.59. The molecule has 0 aliphatic carbocycles. The molecule has 2 heterocycles.